The molecule has 19 heavy (non-hydrogen) atoms. The lowest BCUT2D eigenvalue weighted by molar-refractivity contribution is -0.0846. The fourth-order valence-corrected chi connectivity index (χ4v) is 2.79. The maximum absolute atomic E-state index is 6.16. The van der Waals surface area contributed by atoms with Gasteiger partial charge in [-0.25, -0.2) is 0 Å². The topological polar surface area (TPSA) is 30.5 Å². The summed E-state index contributed by atoms with van der Waals surface area (Å²) in [6.07, 6.45) is 1.00. The van der Waals surface area contributed by atoms with Gasteiger partial charge in [-0.3, -0.25) is 0 Å². The molecule has 106 valence electrons. The Labute approximate surface area is 116 Å². The van der Waals surface area contributed by atoms with Gasteiger partial charge in [-0.15, -0.1) is 0 Å². The first-order chi connectivity index (χ1) is 8.82. The Hall–Kier alpha value is -1.06. The van der Waals surface area contributed by atoms with Crippen LogP contribution in [0.4, 0.5) is 0 Å². The summed E-state index contributed by atoms with van der Waals surface area (Å²) < 4.78 is 12.2. The van der Waals surface area contributed by atoms with Crippen LogP contribution in [0, 0.1) is 0 Å². The molecule has 3 nitrogen and oxygen atoms in total. The minimum absolute atomic E-state index is 0.0901. The third kappa shape index (κ3) is 3.48. The predicted molar refractivity (Wildman–Crippen MR) is 77.5 cm³/mol. The lowest BCUT2D eigenvalue weighted by Gasteiger charge is -2.27. The van der Waals surface area contributed by atoms with Crippen molar-refractivity contribution in [2.75, 3.05) is 7.05 Å². The standard InChI is InChI=1S/C16H25NO2/c1-15(2)10-14(16(3,4)19-15)18-13-8-6-7-12(9-13)11-17-5/h6-9,14,17H,10-11H2,1-5H3. The molecule has 2 rings (SSSR count). The molecule has 1 saturated heterocycles. The maximum atomic E-state index is 6.16. The van der Waals surface area contributed by atoms with Crippen molar-refractivity contribution in [3.63, 3.8) is 0 Å². The van der Waals surface area contributed by atoms with Gasteiger partial charge >= 0.3 is 0 Å². The molecule has 1 fully saturated rings. The lowest BCUT2D eigenvalue weighted by Crippen LogP contribution is -2.36. The molecule has 1 aromatic rings. The van der Waals surface area contributed by atoms with Gasteiger partial charge in [0, 0.05) is 13.0 Å². The van der Waals surface area contributed by atoms with Gasteiger partial charge in [0.2, 0.25) is 0 Å². The predicted octanol–water partition coefficient (Wildman–Crippen LogP) is 3.13. The third-order valence-corrected chi connectivity index (χ3v) is 3.55. The van der Waals surface area contributed by atoms with Crippen LogP contribution in [0.5, 0.6) is 5.75 Å². The summed E-state index contributed by atoms with van der Waals surface area (Å²) in [7, 11) is 1.95. The number of nitrogens with one attached hydrogen (secondary N) is 1. The van der Waals surface area contributed by atoms with Crippen LogP contribution >= 0.6 is 0 Å². The highest BCUT2D eigenvalue weighted by Gasteiger charge is 2.47. The van der Waals surface area contributed by atoms with E-state index in [0.717, 1.165) is 18.7 Å². The number of rotatable bonds is 4. The Bertz CT molecular complexity index is 440. The normalized spacial score (nSPS) is 24.4. The second kappa shape index (κ2) is 5.14. The molecule has 1 atom stereocenters. The molecule has 1 N–H and O–H groups in total. The number of ether oxygens (including phenoxy) is 2. The summed E-state index contributed by atoms with van der Waals surface area (Å²) in [4.78, 5) is 0. The number of benzene rings is 1. The minimum atomic E-state index is -0.248. The summed E-state index contributed by atoms with van der Waals surface area (Å²) in [5, 5.41) is 3.15. The monoisotopic (exact) mass is 263 g/mol. The van der Waals surface area contributed by atoms with Gasteiger partial charge in [0.05, 0.1) is 5.60 Å². The summed E-state index contributed by atoms with van der Waals surface area (Å²) in [5.74, 6) is 0.923. The van der Waals surface area contributed by atoms with Gasteiger partial charge in [-0.2, -0.15) is 0 Å². The molecule has 1 aliphatic rings. The first-order valence-electron chi connectivity index (χ1n) is 6.93. The van der Waals surface area contributed by atoms with E-state index in [1.54, 1.807) is 0 Å². The quantitative estimate of drug-likeness (QED) is 0.905. The first-order valence-corrected chi connectivity index (χ1v) is 6.93. The molecule has 0 radical (unpaired) electrons. The second-order valence-corrected chi connectivity index (χ2v) is 6.45. The van der Waals surface area contributed by atoms with Crippen molar-refractivity contribution in [1.82, 2.24) is 5.32 Å². The fraction of sp³-hybridized carbons (Fsp3) is 0.625. The highest BCUT2D eigenvalue weighted by atomic mass is 16.6. The highest BCUT2D eigenvalue weighted by Crippen LogP contribution is 2.39. The van der Waals surface area contributed by atoms with E-state index in [4.69, 9.17) is 9.47 Å². The van der Waals surface area contributed by atoms with E-state index in [0.29, 0.717) is 0 Å². The summed E-state index contributed by atoms with van der Waals surface area (Å²) in [6, 6.07) is 8.25. The van der Waals surface area contributed by atoms with Crippen molar-refractivity contribution in [3.05, 3.63) is 29.8 Å². The van der Waals surface area contributed by atoms with E-state index in [2.05, 4.69) is 45.1 Å². The third-order valence-electron chi connectivity index (χ3n) is 3.55. The van der Waals surface area contributed by atoms with E-state index in [1.165, 1.54) is 5.56 Å². The Balaban J connectivity index is 2.11. The molecule has 1 aliphatic heterocycles. The van der Waals surface area contributed by atoms with Gasteiger partial charge in [-0.1, -0.05) is 12.1 Å². The SMILES string of the molecule is CNCc1cccc(OC2CC(C)(C)OC2(C)C)c1. The number of hydrogen-bond acceptors (Lipinski definition) is 3. The summed E-state index contributed by atoms with van der Waals surface area (Å²) >= 11 is 0. The minimum Gasteiger partial charge on any atom is -0.487 e. The van der Waals surface area contributed by atoms with Crippen LogP contribution in [0.1, 0.15) is 39.7 Å². The van der Waals surface area contributed by atoms with Crippen molar-refractivity contribution in [2.45, 2.75) is 58.0 Å². The summed E-state index contributed by atoms with van der Waals surface area (Å²) in [5.41, 5.74) is 0.871. The second-order valence-electron chi connectivity index (χ2n) is 6.45. The Morgan fingerprint density at radius 3 is 2.63 bits per heavy atom. The molecule has 0 saturated carbocycles. The molecule has 1 unspecified atom stereocenters. The van der Waals surface area contributed by atoms with E-state index >= 15 is 0 Å². The van der Waals surface area contributed by atoms with Crippen LogP contribution in [0.2, 0.25) is 0 Å². The largest absolute Gasteiger partial charge is 0.487 e. The number of hydrogen-bond donors (Lipinski definition) is 1. The maximum Gasteiger partial charge on any atom is 0.130 e. The zero-order valence-corrected chi connectivity index (χ0v) is 12.6. The fourth-order valence-electron chi connectivity index (χ4n) is 2.79. The van der Waals surface area contributed by atoms with Crippen molar-refractivity contribution in [3.8, 4) is 5.75 Å². The van der Waals surface area contributed by atoms with Crippen LogP contribution in [0.3, 0.4) is 0 Å². The van der Waals surface area contributed by atoms with Crippen LogP contribution in [0.15, 0.2) is 24.3 Å². The molecule has 0 aromatic heterocycles. The smallest absolute Gasteiger partial charge is 0.130 e. The van der Waals surface area contributed by atoms with Crippen molar-refractivity contribution < 1.29 is 9.47 Å². The summed E-state index contributed by atoms with van der Waals surface area (Å²) in [6.45, 7) is 9.30. The molecule has 0 spiro atoms. The van der Waals surface area contributed by atoms with Crippen LogP contribution in [-0.4, -0.2) is 24.4 Å². The Morgan fingerprint density at radius 2 is 2.05 bits per heavy atom. The van der Waals surface area contributed by atoms with Gasteiger partial charge in [0.1, 0.15) is 17.5 Å². The van der Waals surface area contributed by atoms with Gasteiger partial charge in [0.25, 0.3) is 0 Å². The first kappa shape index (κ1) is 14.4. The van der Waals surface area contributed by atoms with Gasteiger partial charge < -0.3 is 14.8 Å². The molecular formula is C16H25NO2. The molecule has 1 aromatic carbocycles. The molecule has 3 heteroatoms. The van der Waals surface area contributed by atoms with E-state index < -0.39 is 0 Å². The average Bonchev–Trinajstić information content (AvgIpc) is 2.47. The molecule has 0 amide bonds. The molecule has 0 bridgehead atoms. The van der Waals surface area contributed by atoms with Crippen LogP contribution < -0.4 is 10.1 Å². The van der Waals surface area contributed by atoms with Crippen molar-refractivity contribution >= 4 is 0 Å². The zero-order valence-electron chi connectivity index (χ0n) is 12.6. The lowest BCUT2D eigenvalue weighted by atomic mass is 9.97. The average molecular weight is 263 g/mol. The van der Waals surface area contributed by atoms with E-state index in [9.17, 15) is 0 Å². The van der Waals surface area contributed by atoms with Gasteiger partial charge in [-0.05, 0) is 52.4 Å². The van der Waals surface area contributed by atoms with Crippen LogP contribution in [-0.2, 0) is 11.3 Å². The molecule has 1 heterocycles. The van der Waals surface area contributed by atoms with Gasteiger partial charge in [0.15, 0.2) is 0 Å². The Kier molecular flexibility index (Phi) is 3.88. The van der Waals surface area contributed by atoms with Crippen molar-refractivity contribution in [2.24, 2.45) is 0 Å². The zero-order chi connectivity index (χ0) is 14.1. The van der Waals surface area contributed by atoms with E-state index in [1.807, 2.05) is 19.2 Å². The Morgan fingerprint density at radius 1 is 1.32 bits per heavy atom. The van der Waals surface area contributed by atoms with Crippen molar-refractivity contribution in [1.29, 1.82) is 0 Å². The highest BCUT2D eigenvalue weighted by molar-refractivity contribution is 5.29. The van der Waals surface area contributed by atoms with Crippen LogP contribution in [0.25, 0.3) is 0 Å². The molecular weight excluding hydrogens is 238 g/mol. The molecule has 0 aliphatic carbocycles. The van der Waals surface area contributed by atoms with E-state index in [-0.39, 0.29) is 17.3 Å².